The highest BCUT2D eigenvalue weighted by atomic mass is 16.5. The summed E-state index contributed by atoms with van der Waals surface area (Å²) in [6.45, 7) is 1.62. The Morgan fingerprint density at radius 2 is 1.68 bits per heavy atom. The number of hydrogen-bond donors (Lipinski definition) is 1. The standard InChI is InChI=1S/C17H19NO4/c1-11(17(18)19)22-15-7-5-4-6-13(15)14-9-8-12(20-2)10-16(14)21-3/h4-11H,1-3H3,(H2,18,19)/t11-/m0/s1. The lowest BCUT2D eigenvalue weighted by Gasteiger charge is -2.17. The molecule has 2 N–H and O–H groups in total. The third kappa shape index (κ3) is 3.31. The molecule has 116 valence electrons. The van der Waals surface area contributed by atoms with Crippen LogP contribution in [-0.2, 0) is 4.79 Å². The van der Waals surface area contributed by atoms with Crippen LogP contribution in [0.3, 0.4) is 0 Å². The van der Waals surface area contributed by atoms with Gasteiger partial charge < -0.3 is 19.9 Å². The molecule has 0 saturated heterocycles. The molecule has 1 atom stereocenters. The summed E-state index contributed by atoms with van der Waals surface area (Å²) in [5, 5.41) is 0. The van der Waals surface area contributed by atoms with Crippen molar-refractivity contribution in [3.05, 3.63) is 42.5 Å². The van der Waals surface area contributed by atoms with Gasteiger partial charge in [-0.1, -0.05) is 18.2 Å². The molecule has 0 bridgehead atoms. The van der Waals surface area contributed by atoms with E-state index in [1.54, 1.807) is 33.3 Å². The molecule has 0 spiro atoms. The molecule has 2 rings (SSSR count). The average molecular weight is 301 g/mol. The minimum Gasteiger partial charge on any atom is -0.497 e. The summed E-state index contributed by atoms with van der Waals surface area (Å²) >= 11 is 0. The van der Waals surface area contributed by atoms with Crippen LogP contribution >= 0.6 is 0 Å². The van der Waals surface area contributed by atoms with E-state index in [-0.39, 0.29) is 0 Å². The molecule has 2 aromatic carbocycles. The topological polar surface area (TPSA) is 70.8 Å². The Bertz CT molecular complexity index is 669. The van der Waals surface area contributed by atoms with Crippen LogP contribution in [-0.4, -0.2) is 26.2 Å². The molecule has 0 heterocycles. The van der Waals surface area contributed by atoms with Gasteiger partial charge in [0, 0.05) is 17.2 Å². The number of para-hydroxylation sites is 1. The number of hydrogen-bond acceptors (Lipinski definition) is 4. The maximum Gasteiger partial charge on any atom is 0.258 e. The van der Waals surface area contributed by atoms with Crippen LogP contribution in [0, 0.1) is 0 Å². The summed E-state index contributed by atoms with van der Waals surface area (Å²) in [7, 11) is 3.19. The number of carbonyl (C=O) groups is 1. The van der Waals surface area contributed by atoms with Crippen molar-refractivity contribution < 1.29 is 19.0 Å². The van der Waals surface area contributed by atoms with E-state index < -0.39 is 12.0 Å². The molecular weight excluding hydrogens is 282 g/mol. The summed E-state index contributed by atoms with van der Waals surface area (Å²) in [5.41, 5.74) is 6.92. The Hall–Kier alpha value is -2.69. The van der Waals surface area contributed by atoms with Gasteiger partial charge in [0.25, 0.3) is 5.91 Å². The summed E-state index contributed by atoms with van der Waals surface area (Å²) < 4.78 is 16.3. The number of methoxy groups -OCH3 is 2. The van der Waals surface area contributed by atoms with Crippen molar-refractivity contribution in [2.75, 3.05) is 14.2 Å². The van der Waals surface area contributed by atoms with Crippen molar-refractivity contribution in [1.29, 1.82) is 0 Å². The minimum atomic E-state index is -0.717. The quantitative estimate of drug-likeness (QED) is 0.890. The Labute approximate surface area is 129 Å². The van der Waals surface area contributed by atoms with E-state index in [0.29, 0.717) is 17.2 Å². The van der Waals surface area contributed by atoms with E-state index >= 15 is 0 Å². The largest absolute Gasteiger partial charge is 0.497 e. The molecule has 0 aromatic heterocycles. The highest BCUT2D eigenvalue weighted by molar-refractivity contribution is 5.80. The van der Waals surface area contributed by atoms with Crippen LogP contribution in [0.2, 0.25) is 0 Å². The molecule has 0 radical (unpaired) electrons. The van der Waals surface area contributed by atoms with Crippen LogP contribution in [0.4, 0.5) is 0 Å². The van der Waals surface area contributed by atoms with E-state index in [1.165, 1.54) is 0 Å². The number of amides is 1. The highest BCUT2D eigenvalue weighted by Gasteiger charge is 2.16. The normalized spacial score (nSPS) is 11.6. The predicted octanol–water partition coefficient (Wildman–Crippen LogP) is 2.62. The number of ether oxygens (including phenoxy) is 3. The number of benzene rings is 2. The molecular formula is C17H19NO4. The predicted molar refractivity (Wildman–Crippen MR) is 84.3 cm³/mol. The first-order valence-corrected chi connectivity index (χ1v) is 6.84. The molecule has 0 saturated carbocycles. The minimum absolute atomic E-state index is 0.517. The van der Waals surface area contributed by atoms with Gasteiger partial charge in [0.2, 0.25) is 0 Å². The third-order valence-electron chi connectivity index (χ3n) is 3.29. The lowest BCUT2D eigenvalue weighted by molar-refractivity contribution is -0.123. The molecule has 5 heteroatoms. The maximum atomic E-state index is 11.2. The van der Waals surface area contributed by atoms with Crippen LogP contribution in [0.15, 0.2) is 42.5 Å². The molecule has 0 aliphatic heterocycles. The number of primary amides is 1. The fourth-order valence-corrected chi connectivity index (χ4v) is 2.06. The highest BCUT2D eigenvalue weighted by Crippen LogP contribution is 2.38. The van der Waals surface area contributed by atoms with Gasteiger partial charge in [0.15, 0.2) is 6.10 Å². The zero-order valence-electron chi connectivity index (χ0n) is 12.8. The second kappa shape index (κ2) is 6.85. The summed E-state index contributed by atoms with van der Waals surface area (Å²) in [4.78, 5) is 11.2. The van der Waals surface area contributed by atoms with Crippen molar-refractivity contribution >= 4 is 5.91 Å². The first-order valence-electron chi connectivity index (χ1n) is 6.84. The van der Waals surface area contributed by atoms with Gasteiger partial charge in [-0.15, -0.1) is 0 Å². The van der Waals surface area contributed by atoms with Crippen molar-refractivity contribution in [2.45, 2.75) is 13.0 Å². The molecule has 0 aliphatic carbocycles. The van der Waals surface area contributed by atoms with E-state index in [9.17, 15) is 4.79 Å². The van der Waals surface area contributed by atoms with Crippen LogP contribution in [0.5, 0.6) is 17.2 Å². The second-order valence-corrected chi connectivity index (χ2v) is 4.72. The van der Waals surface area contributed by atoms with Gasteiger partial charge in [-0.25, -0.2) is 0 Å². The summed E-state index contributed by atoms with van der Waals surface area (Å²) in [6.07, 6.45) is -0.717. The maximum absolute atomic E-state index is 11.2. The van der Waals surface area contributed by atoms with E-state index in [1.807, 2.05) is 30.3 Å². The second-order valence-electron chi connectivity index (χ2n) is 4.72. The van der Waals surface area contributed by atoms with E-state index in [2.05, 4.69) is 0 Å². The number of rotatable bonds is 6. The fraction of sp³-hybridized carbons (Fsp3) is 0.235. The lowest BCUT2D eigenvalue weighted by Crippen LogP contribution is -2.30. The van der Waals surface area contributed by atoms with Crippen molar-refractivity contribution in [3.8, 4) is 28.4 Å². The summed E-state index contributed by atoms with van der Waals surface area (Å²) in [5.74, 6) is 1.40. The van der Waals surface area contributed by atoms with Crippen LogP contribution in [0.25, 0.3) is 11.1 Å². The Morgan fingerprint density at radius 3 is 2.32 bits per heavy atom. The monoisotopic (exact) mass is 301 g/mol. The van der Waals surface area contributed by atoms with Gasteiger partial charge in [0.05, 0.1) is 14.2 Å². The van der Waals surface area contributed by atoms with Gasteiger partial charge in [0.1, 0.15) is 17.2 Å². The Balaban J connectivity index is 2.47. The van der Waals surface area contributed by atoms with Gasteiger partial charge >= 0.3 is 0 Å². The van der Waals surface area contributed by atoms with Gasteiger partial charge in [-0.05, 0) is 25.1 Å². The zero-order valence-corrected chi connectivity index (χ0v) is 12.8. The molecule has 5 nitrogen and oxygen atoms in total. The Morgan fingerprint density at radius 1 is 1.00 bits per heavy atom. The van der Waals surface area contributed by atoms with Crippen molar-refractivity contribution in [3.63, 3.8) is 0 Å². The molecule has 1 amide bonds. The van der Waals surface area contributed by atoms with Gasteiger partial charge in [-0.2, -0.15) is 0 Å². The van der Waals surface area contributed by atoms with Crippen LogP contribution in [0.1, 0.15) is 6.92 Å². The molecule has 0 fully saturated rings. The third-order valence-corrected chi connectivity index (χ3v) is 3.29. The molecule has 0 unspecified atom stereocenters. The van der Waals surface area contributed by atoms with Crippen molar-refractivity contribution in [1.82, 2.24) is 0 Å². The zero-order chi connectivity index (χ0) is 16.1. The summed E-state index contributed by atoms with van der Waals surface area (Å²) in [6, 6.07) is 12.9. The van der Waals surface area contributed by atoms with E-state index in [4.69, 9.17) is 19.9 Å². The SMILES string of the molecule is COc1ccc(-c2ccccc2O[C@@H](C)C(N)=O)c(OC)c1. The first kappa shape index (κ1) is 15.7. The average Bonchev–Trinajstić information content (AvgIpc) is 2.54. The smallest absolute Gasteiger partial charge is 0.258 e. The molecule has 22 heavy (non-hydrogen) atoms. The fourth-order valence-electron chi connectivity index (χ4n) is 2.06. The number of carbonyl (C=O) groups excluding carboxylic acids is 1. The first-order chi connectivity index (χ1) is 10.6. The number of nitrogens with two attached hydrogens (primary N) is 1. The van der Waals surface area contributed by atoms with Gasteiger partial charge in [-0.3, -0.25) is 4.79 Å². The molecule has 2 aromatic rings. The van der Waals surface area contributed by atoms with Crippen LogP contribution < -0.4 is 19.9 Å². The van der Waals surface area contributed by atoms with Crippen molar-refractivity contribution in [2.24, 2.45) is 5.73 Å². The lowest BCUT2D eigenvalue weighted by atomic mass is 10.0. The Kier molecular flexibility index (Phi) is 4.88. The van der Waals surface area contributed by atoms with E-state index in [0.717, 1.165) is 11.1 Å². The molecule has 0 aliphatic rings.